The molecule has 0 N–H and O–H groups in total. The van der Waals surface area contributed by atoms with E-state index in [-0.39, 0.29) is 6.42 Å². The monoisotopic (exact) mass is 252 g/mol. The van der Waals surface area contributed by atoms with Gasteiger partial charge in [-0.15, -0.1) is 0 Å². The number of hydrogen-bond donors (Lipinski definition) is 0. The van der Waals surface area contributed by atoms with E-state index in [0.717, 1.165) is 5.75 Å². The second kappa shape index (κ2) is 4.89. The Morgan fingerprint density at radius 1 is 1.00 bits per heavy atom. The van der Waals surface area contributed by atoms with Crippen LogP contribution < -0.4 is 0 Å². The zero-order chi connectivity index (χ0) is 12.3. The lowest BCUT2D eigenvalue weighted by Gasteiger charge is -2.30. The summed E-state index contributed by atoms with van der Waals surface area (Å²) in [6, 6.07) is 0. The third-order valence-electron chi connectivity index (χ3n) is 2.38. The van der Waals surface area contributed by atoms with Gasteiger partial charge in [0.25, 0.3) is 0 Å². The van der Waals surface area contributed by atoms with Crippen molar-refractivity contribution in [1.82, 2.24) is 0 Å². The summed E-state index contributed by atoms with van der Waals surface area (Å²) in [5.74, 6) is -3.21. The van der Waals surface area contributed by atoms with Gasteiger partial charge in [-0.05, 0) is 30.4 Å². The molecule has 0 aromatic carbocycles. The van der Waals surface area contributed by atoms with Crippen molar-refractivity contribution in [2.24, 2.45) is 0 Å². The molecule has 0 rings (SSSR count). The van der Waals surface area contributed by atoms with Crippen molar-refractivity contribution in [3.8, 4) is 0 Å². The third-order valence-corrected chi connectivity index (χ3v) is 5.34. The van der Waals surface area contributed by atoms with Crippen molar-refractivity contribution < 1.29 is 22.0 Å². The molecule has 0 nitrogen and oxygen atoms in total. The molecule has 0 saturated carbocycles. The van der Waals surface area contributed by atoms with E-state index in [1.54, 1.807) is 0 Å². The molecule has 6 heteroatoms. The van der Waals surface area contributed by atoms with E-state index in [2.05, 4.69) is 0 Å². The second-order valence-corrected chi connectivity index (χ2v) is 8.59. The summed E-state index contributed by atoms with van der Waals surface area (Å²) in [4.78, 5) is 0. The van der Waals surface area contributed by atoms with Gasteiger partial charge < -0.3 is 0 Å². The molecule has 0 saturated heterocycles. The fraction of sp³-hybridized carbons (Fsp3) is 1.00. The predicted molar refractivity (Wildman–Crippen MR) is 55.1 cm³/mol. The number of alkyl halides is 5. The Bertz CT molecular complexity index is 197. The van der Waals surface area contributed by atoms with E-state index in [1.165, 1.54) is 0 Å². The van der Waals surface area contributed by atoms with Gasteiger partial charge in [-0.1, -0.05) is 6.92 Å². The summed E-state index contributed by atoms with van der Waals surface area (Å²) in [6.07, 6.45) is -2.67. The molecule has 0 heterocycles. The highest BCUT2D eigenvalue weighted by atomic mass is 32.3. The summed E-state index contributed by atoms with van der Waals surface area (Å²) in [5, 5.41) is 0. The van der Waals surface area contributed by atoms with E-state index < -0.39 is 28.5 Å². The molecule has 0 aromatic rings. The van der Waals surface area contributed by atoms with Gasteiger partial charge in [0.2, 0.25) is 0 Å². The largest absolute Gasteiger partial charge is 0.453 e. The van der Waals surface area contributed by atoms with Gasteiger partial charge in [-0.2, -0.15) is 22.0 Å². The second-order valence-electron chi connectivity index (χ2n) is 4.07. The molecule has 0 aliphatic rings. The van der Waals surface area contributed by atoms with Gasteiger partial charge in [0, 0.05) is 6.42 Å². The summed E-state index contributed by atoms with van der Waals surface area (Å²) in [5.41, 5.74) is 0. The molecule has 0 aliphatic heterocycles. The fourth-order valence-electron chi connectivity index (χ4n) is 0.971. The van der Waals surface area contributed by atoms with Crippen LogP contribution in [0.4, 0.5) is 22.0 Å². The first-order valence-electron chi connectivity index (χ1n) is 4.65. The molecule has 0 aliphatic carbocycles. The first kappa shape index (κ1) is 15.0. The maximum Gasteiger partial charge on any atom is 0.453 e. The van der Waals surface area contributed by atoms with Crippen molar-refractivity contribution in [2.45, 2.75) is 31.9 Å². The van der Waals surface area contributed by atoms with Gasteiger partial charge in [0.05, 0.1) is 0 Å². The van der Waals surface area contributed by atoms with Gasteiger partial charge >= 0.3 is 12.1 Å². The molecule has 0 unspecified atom stereocenters. The Morgan fingerprint density at radius 2 is 1.47 bits per heavy atom. The van der Waals surface area contributed by atoms with Crippen molar-refractivity contribution in [1.29, 1.82) is 0 Å². The normalized spacial score (nSPS) is 15.5. The average Bonchev–Trinajstić information content (AvgIpc) is 2.01. The van der Waals surface area contributed by atoms with Crippen LogP contribution in [0, 0.1) is 0 Å². The zero-order valence-corrected chi connectivity index (χ0v) is 9.94. The Kier molecular flexibility index (Phi) is 4.89. The maximum atomic E-state index is 12.5. The zero-order valence-electron chi connectivity index (χ0n) is 9.13. The van der Waals surface area contributed by atoms with E-state index in [9.17, 15) is 22.0 Å². The topological polar surface area (TPSA) is 0 Å². The number of hydrogen-bond acceptors (Lipinski definition) is 0. The average molecular weight is 252 g/mol. The van der Waals surface area contributed by atoms with Crippen LogP contribution in [0.2, 0.25) is 0 Å². The van der Waals surface area contributed by atoms with E-state index in [0.29, 0.717) is 5.75 Å². The fourth-order valence-corrected chi connectivity index (χ4v) is 2.19. The van der Waals surface area contributed by atoms with Crippen LogP contribution in [-0.4, -0.2) is 36.1 Å². The molecular formula is C9H17F5S. The standard InChI is InChI=1S/C9H17F5S/c1-4-15(2,3)7-5-6-8(10,11)9(12,13)14/h4-7H2,1-3H3. The van der Waals surface area contributed by atoms with Crippen molar-refractivity contribution >= 4 is 10.0 Å². The molecule has 0 radical (unpaired) electrons. The molecule has 0 fully saturated rings. The van der Waals surface area contributed by atoms with E-state index >= 15 is 0 Å². The number of halogens is 5. The Morgan fingerprint density at radius 3 is 1.80 bits per heavy atom. The quantitative estimate of drug-likeness (QED) is 0.647. The van der Waals surface area contributed by atoms with Gasteiger partial charge in [-0.25, -0.2) is 10.0 Å². The van der Waals surface area contributed by atoms with Crippen LogP contribution in [0.15, 0.2) is 0 Å². The Balaban J connectivity index is 4.07. The third kappa shape index (κ3) is 5.04. The maximum absolute atomic E-state index is 12.5. The lowest BCUT2D eigenvalue weighted by Crippen LogP contribution is -2.36. The lowest BCUT2D eigenvalue weighted by molar-refractivity contribution is -0.284. The summed E-state index contributed by atoms with van der Waals surface area (Å²) >= 11 is 0. The molecular weight excluding hydrogens is 235 g/mol. The minimum atomic E-state index is -5.40. The molecule has 94 valence electrons. The van der Waals surface area contributed by atoms with E-state index in [4.69, 9.17) is 0 Å². The van der Waals surface area contributed by atoms with Gasteiger partial charge in [0.1, 0.15) is 0 Å². The molecule has 0 aromatic heterocycles. The smallest absolute Gasteiger partial charge is 0.247 e. The summed E-state index contributed by atoms with van der Waals surface area (Å²) < 4.78 is 60.4. The predicted octanol–water partition coefficient (Wildman–Crippen LogP) is 4.05. The first-order valence-corrected chi connectivity index (χ1v) is 7.44. The van der Waals surface area contributed by atoms with Crippen LogP contribution in [0.25, 0.3) is 0 Å². The van der Waals surface area contributed by atoms with Crippen LogP contribution in [0.1, 0.15) is 19.8 Å². The minimum Gasteiger partial charge on any atom is -0.247 e. The lowest BCUT2D eigenvalue weighted by atomic mass is 10.2. The van der Waals surface area contributed by atoms with Crippen LogP contribution in [-0.2, 0) is 0 Å². The first-order chi connectivity index (χ1) is 6.52. The van der Waals surface area contributed by atoms with Crippen molar-refractivity contribution in [3.05, 3.63) is 0 Å². The highest BCUT2D eigenvalue weighted by Crippen LogP contribution is 2.43. The van der Waals surface area contributed by atoms with Crippen molar-refractivity contribution in [3.63, 3.8) is 0 Å². The highest BCUT2D eigenvalue weighted by molar-refractivity contribution is 8.32. The highest BCUT2D eigenvalue weighted by Gasteiger charge is 2.56. The minimum absolute atomic E-state index is 0.0668. The van der Waals surface area contributed by atoms with Gasteiger partial charge in [-0.3, -0.25) is 0 Å². The molecule has 0 atom stereocenters. The molecule has 0 bridgehead atoms. The van der Waals surface area contributed by atoms with E-state index in [1.807, 2.05) is 19.4 Å². The molecule has 0 amide bonds. The number of rotatable bonds is 5. The van der Waals surface area contributed by atoms with Gasteiger partial charge in [0.15, 0.2) is 0 Å². The van der Waals surface area contributed by atoms with Crippen LogP contribution in [0.3, 0.4) is 0 Å². The van der Waals surface area contributed by atoms with Crippen LogP contribution in [0.5, 0.6) is 0 Å². The Hall–Kier alpha value is -0.0000000000000000555. The molecule has 15 heavy (non-hydrogen) atoms. The van der Waals surface area contributed by atoms with Crippen molar-refractivity contribution in [2.75, 3.05) is 24.0 Å². The summed E-state index contributed by atoms with van der Waals surface area (Å²) in [6.45, 7) is 1.93. The Labute approximate surface area is 88.5 Å². The summed E-state index contributed by atoms with van der Waals surface area (Å²) in [7, 11) is -0.988. The van der Waals surface area contributed by atoms with Crippen LogP contribution >= 0.6 is 10.0 Å². The molecule has 0 spiro atoms. The SMILES string of the molecule is CCS(C)(C)CCCC(F)(F)C(F)(F)F.